The number of carbonyl (C=O) groups is 1. The Balaban J connectivity index is 1.66. The molecule has 0 saturated carbocycles. The van der Waals surface area contributed by atoms with E-state index >= 15 is 0 Å². The van der Waals surface area contributed by atoms with E-state index in [2.05, 4.69) is 24.9 Å². The van der Waals surface area contributed by atoms with Crippen molar-refractivity contribution in [2.24, 2.45) is 5.41 Å². The summed E-state index contributed by atoms with van der Waals surface area (Å²) in [6, 6.07) is 19.2. The molecular formula is C34H28Cl2N4O3. The van der Waals surface area contributed by atoms with Crippen LogP contribution in [0.3, 0.4) is 0 Å². The summed E-state index contributed by atoms with van der Waals surface area (Å²) >= 11 is 12.8. The van der Waals surface area contributed by atoms with Crippen LogP contribution >= 0.6 is 23.2 Å². The number of rotatable bonds is 5. The van der Waals surface area contributed by atoms with E-state index in [0.29, 0.717) is 57.0 Å². The molecule has 0 radical (unpaired) electrons. The molecule has 7 rings (SSSR count). The van der Waals surface area contributed by atoms with Gasteiger partial charge in [-0.15, -0.1) is 0 Å². The zero-order valence-corrected chi connectivity index (χ0v) is 25.6. The van der Waals surface area contributed by atoms with Gasteiger partial charge in [-0.25, -0.2) is 9.67 Å². The molecule has 0 amide bonds. The lowest BCUT2D eigenvalue weighted by Crippen LogP contribution is -2.28. The van der Waals surface area contributed by atoms with Gasteiger partial charge in [0.25, 0.3) is 0 Å². The van der Waals surface area contributed by atoms with Gasteiger partial charge in [-0.05, 0) is 53.8 Å². The Kier molecular flexibility index (Phi) is 6.49. The quantitative estimate of drug-likeness (QED) is 0.211. The molecule has 3 aromatic carbocycles. The van der Waals surface area contributed by atoms with Crippen LogP contribution in [0.25, 0.3) is 50.0 Å². The number of methoxy groups -OCH3 is 2. The first-order valence-corrected chi connectivity index (χ1v) is 14.7. The fourth-order valence-electron chi connectivity index (χ4n) is 6.20. The van der Waals surface area contributed by atoms with Crippen LogP contribution in [0.5, 0.6) is 11.5 Å². The summed E-state index contributed by atoms with van der Waals surface area (Å²) in [6.45, 7) is 4.20. The zero-order valence-electron chi connectivity index (χ0n) is 24.1. The van der Waals surface area contributed by atoms with E-state index in [1.807, 2.05) is 48.7 Å². The van der Waals surface area contributed by atoms with Crippen molar-refractivity contribution < 1.29 is 14.3 Å². The third-order valence-electron chi connectivity index (χ3n) is 8.12. The van der Waals surface area contributed by atoms with E-state index in [-0.39, 0.29) is 11.2 Å². The standard InChI is InChI=1S/C34H28Cl2N4O3/c1-34(2)15-25-30(26(41)16-34)29(18-9-12-27(42-3)28(13-18)43-4)31-32(21-17-37-24-8-6-5-7-20(21)24)39-40(33(31)38-25)19-10-11-22(35)23(36)14-19/h5-14,17,37H,15-16H2,1-4H3. The maximum absolute atomic E-state index is 14.0. The number of hydrogen-bond acceptors (Lipinski definition) is 5. The minimum Gasteiger partial charge on any atom is -0.493 e. The van der Waals surface area contributed by atoms with Crippen molar-refractivity contribution in [2.45, 2.75) is 26.7 Å². The smallest absolute Gasteiger partial charge is 0.165 e. The number of carbonyl (C=O) groups excluding carboxylic acids is 1. The molecule has 6 aromatic rings. The van der Waals surface area contributed by atoms with E-state index in [9.17, 15) is 4.79 Å². The Morgan fingerprint density at radius 1 is 0.907 bits per heavy atom. The maximum atomic E-state index is 14.0. The summed E-state index contributed by atoms with van der Waals surface area (Å²) in [5, 5.41) is 7.80. The molecular weight excluding hydrogens is 583 g/mol. The zero-order chi connectivity index (χ0) is 30.0. The van der Waals surface area contributed by atoms with E-state index in [4.69, 9.17) is 42.8 Å². The van der Waals surface area contributed by atoms with E-state index in [1.54, 1.807) is 31.0 Å². The van der Waals surface area contributed by atoms with E-state index in [0.717, 1.165) is 38.7 Å². The highest BCUT2D eigenvalue weighted by Crippen LogP contribution is 2.47. The molecule has 0 unspecified atom stereocenters. The van der Waals surface area contributed by atoms with Crippen molar-refractivity contribution in [3.05, 3.63) is 88.2 Å². The number of nitrogens with one attached hydrogen (secondary N) is 1. The molecule has 1 aliphatic rings. The summed E-state index contributed by atoms with van der Waals surface area (Å²) in [5.41, 5.74) is 6.59. The molecule has 0 aliphatic heterocycles. The topological polar surface area (TPSA) is 82.0 Å². The molecule has 216 valence electrons. The number of H-pyrrole nitrogens is 1. The van der Waals surface area contributed by atoms with Crippen LogP contribution in [0, 0.1) is 5.41 Å². The molecule has 3 aromatic heterocycles. The monoisotopic (exact) mass is 610 g/mol. The summed E-state index contributed by atoms with van der Waals surface area (Å²) < 4.78 is 13.0. The first kappa shape index (κ1) is 27.5. The van der Waals surface area contributed by atoms with Gasteiger partial charge >= 0.3 is 0 Å². The van der Waals surface area contributed by atoms with Crippen LogP contribution in [0.1, 0.15) is 36.3 Å². The molecule has 9 heteroatoms. The fourth-order valence-corrected chi connectivity index (χ4v) is 6.49. The van der Waals surface area contributed by atoms with Crippen LogP contribution in [-0.4, -0.2) is 39.8 Å². The van der Waals surface area contributed by atoms with Gasteiger partial charge < -0.3 is 14.5 Å². The molecule has 7 nitrogen and oxygen atoms in total. The molecule has 43 heavy (non-hydrogen) atoms. The minimum absolute atomic E-state index is 0.0533. The van der Waals surface area contributed by atoms with Gasteiger partial charge in [0.1, 0.15) is 5.69 Å². The number of halogens is 2. The van der Waals surface area contributed by atoms with Crippen molar-refractivity contribution in [3.63, 3.8) is 0 Å². The maximum Gasteiger partial charge on any atom is 0.165 e. The second-order valence-electron chi connectivity index (χ2n) is 11.6. The van der Waals surface area contributed by atoms with Crippen LogP contribution in [0.2, 0.25) is 10.0 Å². The van der Waals surface area contributed by atoms with Crippen LogP contribution in [0.4, 0.5) is 0 Å². The SMILES string of the molecule is COc1ccc(-c2c3c(nc4c2c(-c2c[nH]c5ccccc25)nn4-c2ccc(Cl)c(Cl)c2)CC(C)(C)CC3=O)cc1OC. The molecule has 1 aliphatic carbocycles. The lowest BCUT2D eigenvalue weighted by molar-refractivity contribution is 0.0911. The van der Waals surface area contributed by atoms with Crippen molar-refractivity contribution in [1.29, 1.82) is 0 Å². The number of pyridine rings is 1. The van der Waals surface area contributed by atoms with Crippen molar-refractivity contribution in [1.82, 2.24) is 19.7 Å². The average Bonchev–Trinajstić information content (AvgIpc) is 3.58. The number of ether oxygens (including phenoxy) is 2. The number of benzene rings is 3. The molecule has 1 N–H and O–H groups in total. The summed E-state index contributed by atoms with van der Waals surface area (Å²) in [4.78, 5) is 22.6. The third kappa shape index (κ3) is 4.46. The number of nitrogens with zero attached hydrogens (tertiary/aromatic N) is 3. The van der Waals surface area contributed by atoms with E-state index in [1.165, 1.54) is 0 Å². The molecule has 0 atom stereocenters. The third-order valence-corrected chi connectivity index (χ3v) is 8.86. The Hall–Kier alpha value is -4.33. The van der Waals surface area contributed by atoms with Crippen molar-refractivity contribution >= 4 is 50.9 Å². The van der Waals surface area contributed by atoms with Gasteiger partial charge in [0.15, 0.2) is 22.9 Å². The summed E-state index contributed by atoms with van der Waals surface area (Å²) in [5.74, 6) is 1.21. The molecule has 0 spiro atoms. The highest BCUT2D eigenvalue weighted by Gasteiger charge is 2.37. The Bertz CT molecular complexity index is 2090. The Morgan fingerprint density at radius 3 is 2.47 bits per heavy atom. The predicted molar refractivity (Wildman–Crippen MR) is 171 cm³/mol. The number of aromatic amines is 1. The van der Waals surface area contributed by atoms with Gasteiger partial charge in [-0.1, -0.05) is 61.3 Å². The molecule has 0 fully saturated rings. The fraction of sp³-hybridized carbons (Fsp3) is 0.206. The van der Waals surface area contributed by atoms with Gasteiger partial charge in [0, 0.05) is 40.2 Å². The highest BCUT2D eigenvalue weighted by atomic mass is 35.5. The van der Waals surface area contributed by atoms with Gasteiger partial charge in [-0.3, -0.25) is 4.79 Å². The second kappa shape index (κ2) is 10.1. The number of fused-ring (bicyclic) bond motifs is 3. The highest BCUT2D eigenvalue weighted by molar-refractivity contribution is 6.42. The molecule has 0 saturated heterocycles. The lowest BCUT2D eigenvalue weighted by Gasteiger charge is -2.31. The average molecular weight is 612 g/mol. The van der Waals surface area contributed by atoms with Crippen molar-refractivity contribution in [3.8, 4) is 39.6 Å². The van der Waals surface area contributed by atoms with Gasteiger partial charge in [0.2, 0.25) is 0 Å². The van der Waals surface area contributed by atoms with Crippen LogP contribution in [0.15, 0.2) is 66.9 Å². The van der Waals surface area contributed by atoms with Gasteiger partial charge in [-0.2, -0.15) is 5.10 Å². The number of ketones is 1. The molecule has 0 bridgehead atoms. The first-order valence-electron chi connectivity index (χ1n) is 13.9. The summed E-state index contributed by atoms with van der Waals surface area (Å²) in [7, 11) is 3.21. The largest absolute Gasteiger partial charge is 0.493 e. The Labute approximate surface area is 258 Å². The van der Waals surface area contributed by atoms with Crippen LogP contribution < -0.4 is 9.47 Å². The predicted octanol–water partition coefficient (Wildman–Crippen LogP) is 8.71. The lowest BCUT2D eigenvalue weighted by atomic mass is 9.73. The number of Topliss-reactive ketones (excluding diaryl/α,β-unsaturated/α-hetero) is 1. The number of aromatic nitrogens is 4. The van der Waals surface area contributed by atoms with E-state index < -0.39 is 0 Å². The van der Waals surface area contributed by atoms with Crippen LogP contribution in [-0.2, 0) is 6.42 Å². The molecule has 3 heterocycles. The summed E-state index contributed by atoms with van der Waals surface area (Å²) in [6.07, 6.45) is 3.00. The van der Waals surface area contributed by atoms with Crippen molar-refractivity contribution in [2.75, 3.05) is 14.2 Å². The number of para-hydroxylation sites is 1. The van der Waals surface area contributed by atoms with Gasteiger partial charge in [0.05, 0.1) is 41.0 Å². The first-order chi connectivity index (χ1) is 20.7. The normalized spacial score (nSPS) is 14.3. The number of hydrogen-bond donors (Lipinski definition) is 1. The Morgan fingerprint density at radius 2 is 1.70 bits per heavy atom. The minimum atomic E-state index is -0.242. The second-order valence-corrected chi connectivity index (χ2v) is 12.4.